The van der Waals surface area contributed by atoms with Crippen LogP contribution in [-0.4, -0.2) is 41.9 Å². The van der Waals surface area contributed by atoms with Gasteiger partial charge in [0, 0.05) is 17.9 Å². The van der Waals surface area contributed by atoms with E-state index in [4.69, 9.17) is 20.2 Å². The molecule has 3 saturated carbocycles. The Morgan fingerprint density at radius 3 is 1.91 bits per heavy atom. The topological polar surface area (TPSA) is 44.8 Å². The average molecular weight is 759 g/mol. The lowest BCUT2D eigenvalue weighted by Gasteiger charge is -2.49. The third-order valence-electron chi connectivity index (χ3n) is 14.0. The summed E-state index contributed by atoms with van der Waals surface area (Å²) < 4.78 is 20.0. The summed E-state index contributed by atoms with van der Waals surface area (Å²) in [6.07, 6.45) is 12.7. The molecule has 4 rings (SSSR count). The van der Waals surface area contributed by atoms with Crippen LogP contribution in [0.25, 0.3) is 0 Å². The molecule has 0 saturated heterocycles. The number of benzene rings is 1. The first-order valence-electron chi connectivity index (χ1n) is 21.0. The third-order valence-corrected chi connectivity index (χ3v) is 26.3. The summed E-state index contributed by atoms with van der Waals surface area (Å²) in [6, 6.07) is 7.48. The van der Waals surface area contributed by atoms with E-state index < -0.39 is 16.6 Å². The van der Waals surface area contributed by atoms with E-state index >= 15 is 0 Å². The number of ether oxygens (including phenoxy) is 1. The summed E-state index contributed by atoms with van der Waals surface area (Å²) in [5.74, 6) is 7.73. The van der Waals surface area contributed by atoms with Crippen LogP contribution in [0.2, 0.25) is 33.2 Å². The average Bonchev–Trinajstić information content (AvgIpc) is 3.44. The van der Waals surface area contributed by atoms with Gasteiger partial charge in [0.2, 0.25) is 16.6 Å². The lowest BCUT2D eigenvalue weighted by molar-refractivity contribution is 0.0600. The maximum absolute atomic E-state index is 11.9. The number of rotatable bonds is 12. The van der Waals surface area contributed by atoms with Crippen LogP contribution in [0.3, 0.4) is 0 Å². The minimum absolute atomic E-state index is 0.0140. The van der Waals surface area contributed by atoms with Gasteiger partial charge >= 0.3 is 5.97 Å². The summed E-state index contributed by atoms with van der Waals surface area (Å²) in [6.45, 7) is 36.0. The summed E-state index contributed by atoms with van der Waals surface area (Å²) in [4.78, 5) is 11.9. The fourth-order valence-electron chi connectivity index (χ4n) is 11.4. The highest BCUT2D eigenvalue weighted by Crippen LogP contribution is 2.57. The fraction of sp³-hybridized carbons (Fsp3) is 0.681. The van der Waals surface area contributed by atoms with E-state index in [-0.39, 0.29) is 23.6 Å². The van der Waals surface area contributed by atoms with Crippen LogP contribution >= 0.6 is 0 Å². The van der Waals surface area contributed by atoms with E-state index in [2.05, 4.69) is 114 Å². The van der Waals surface area contributed by atoms with Gasteiger partial charge in [0.25, 0.3) is 0 Å². The molecule has 0 spiro atoms. The molecule has 0 bridgehead atoms. The molecule has 1 aromatic rings. The van der Waals surface area contributed by atoms with Gasteiger partial charge in [0.05, 0.1) is 24.9 Å². The first-order chi connectivity index (χ1) is 24.8. The summed E-state index contributed by atoms with van der Waals surface area (Å²) in [7, 11) is -2.84. The number of fused-ring (bicyclic) bond motifs is 1. The Labute approximate surface area is 327 Å². The van der Waals surface area contributed by atoms with Crippen LogP contribution in [0.15, 0.2) is 59.7 Å². The molecule has 294 valence electrons. The van der Waals surface area contributed by atoms with Gasteiger partial charge in [0.1, 0.15) is 0 Å². The predicted molar refractivity (Wildman–Crippen MR) is 229 cm³/mol. The van der Waals surface area contributed by atoms with Gasteiger partial charge in [-0.25, -0.2) is 4.79 Å². The standard InChI is InChI=1S/C47H74O4Si2/c1-31(2)52(32(3)4,33(5)6)50-43-29-41(37(13)45(30-43)51-53(34(7)8,35(9)10)36(11)12)24-23-39-17-16-28-47(14)42(26-27-44(39)47)25-20-38-18-21-40(22-19-38)46(48)49-15/h18-19,21-24,31-36,42-45H,13,16-17,26-30H2,1-12,14-15H3/b39-23+,41-24-/t42-,43+,44-,45-,47+/m0/s1. The molecule has 3 aliphatic rings. The molecular formula is C47H74O4Si2. The number of methoxy groups -OCH3 is 1. The van der Waals surface area contributed by atoms with Crippen LogP contribution in [0.1, 0.15) is 151 Å². The number of hydrogen-bond donors (Lipinski definition) is 0. The lowest BCUT2D eigenvalue weighted by Crippen LogP contribution is -2.54. The molecule has 3 aliphatic carbocycles. The largest absolute Gasteiger partial charge is 0.465 e. The van der Waals surface area contributed by atoms with Crippen molar-refractivity contribution in [3.63, 3.8) is 0 Å². The van der Waals surface area contributed by atoms with Crippen LogP contribution in [0, 0.1) is 29.1 Å². The molecule has 1 aromatic carbocycles. The Hall–Kier alpha value is -2.18. The zero-order chi connectivity index (χ0) is 39.5. The van der Waals surface area contributed by atoms with Gasteiger partial charge in [-0.05, 0) is 119 Å². The van der Waals surface area contributed by atoms with E-state index in [9.17, 15) is 4.79 Å². The molecule has 0 aliphatic heterocycles. The number of allylic oxidation sites excluding steroid dienone is 3. The minimum Gasteiger partial charge on any atom is -0.465 e. The summed E-state index contributed by atoms with van der Waals surface area (Å²) >= 11 is 0. The number of carbonyl (C=O) groups is 1. The first-order valence-corrected chi connectivity index (χ1v) is 25.3. The Morgan fingerprint density at radius 1 is 0.830 bits per heavy atom. The Bertz CT molecular complexity index is 1510. The zero-order valence-corrected chi connectivity index (χ0v) is 38.0. The summed E-state index contributed by atoms with van der Waals surface area (Å²) in [5, 5.41) is 0. The minimum atomic E-state index is -2.15. The molecule has 0 amide bonds. The highest BCUT2D eigenvalue weighted by Gasteiger charge is 2.51. The van der Waals surface area contributed by atoms with E-state index in [0.29, 0.717) is 50.6 Å². The van der Waals surface area contributed by atoms with Crippen LogP contribution in [0.4, 0.5) is 0 Å². The van der Waals surface area contributed by atoms with Crippen molar-refractivity contribution in [1.82, 2.24) is 0 Å². The van der Waals surface area contributed by atoms with Gasteiger partial charge in [0.15, 0.2) is 0 Å². The Kier molecular flexibility index (Phi) is 14.6. The van der Waals surface area contributed by atoms with Crippen LogP contribution in [-0.2, 0) is 13.6 Å². The molecule has 4 nitrogen and oxygen atoms in total. The van der Waals surface area contributed by atoms with Crippen molar-refractivity contribution in [2.24, 2.45) is 17.3 Å². The van der Waals surface area contributed by atoms with Crippen molar-refractivity contribution in [3.8, 4) is 11.8 Å². The van der Waals surface area contributed by atoms with Gasteiger partial charge in [-0.3, -0.25) is 0 Å². The van der Waals surface area contributed by atoms with Gasteiger partial charge in [-0.15, -0.1) is 0 Å². The monoisotopic (exact) mass is 759 g/mol. The third kappa shape index (κ3) is 8.80. The molecule has 6 heteroatoms. The maximum atomic E-state index is 11.9. The maximum Gasteiger partial charge on any atom is 0.337 e. The normalized spacial score (nSPS) is 27.1. The zero-order valence-electron chi connectivity index (χ0n) is 36.0. The van der Waals surface area contributed by atoms with Gasteiger partial charge < -0.3 is 13.6 Å². The quantitative estimate of drug-likeness (QED) is 0.121. The van der Waals surface area contributed by atoms with E-state index in [0.717, 1.165) is 31.2 Å². The predicted octanol–water partition coefficient (Wildman–Crippen LogP) is 13.4. The lowest BCUT2D eigenvalue weighted by atomic mass is 9.63. The van der Waals surface area contributed by atoms with Gasteiger partial charge in [-0.1, -0.05) is 126 Å². The van der Waals surface area contributed by atoms with E-state index in [1.807, 2.05) is 24.3 Å². The molecule has 0 aromatic heterocycles. The van der Waals surface area contributed by atoms with E-state index in [1.165, 1.54) is 37.5 Å². The van der Waals surface area contributed by atoms with Crippen molar-refractivity contribution in [3.05, 3.63) is 70.8 Å². The van der Waals surface area contributed by atoms with Crippen LogP contribution < -0.4 is 0 Å². The smallest absolute Gasteiger partial charge is 0.337 e. The molecule has 0 unspecified atom stereocenters. The Balaban J connectivity index is 1.68. The van der Waals surface area contributed by atoms with Crippen molar-refractivity contribution < 1.29 is 18.4 Å². The molecule has 0 radical (unpaired) electrons. The second-order valence-corrected chi connectivity index (χ2v) is 29.6. The second kappa shape index (κ2) is 17.7. The Morgan fingerprint density at radius 2 is 1.38 bits per heavy atom. The van der Waals surface area contributed by atoms with Crippen molar-refractivity contribution in [1.29, 1.82) is 0 Å². The van der Waals surface area contributed by atoms with Crippen molar-refractivity contribution in [2.75, 3.05) is 7.11 Å². The molecule has 53 heavy (non-hydrogen) atoms. The van der Waals surface area contributed by atoms with Gasteiger partial charge in [-0.2, -0.15) is 0 Å². The molecule has 0 N–H and O–H groups in total. The molecule has 3 fully saturated rings. The highest BCUT2D eigenvalue weighted by molar-refractivity contribution is 6.78. The van der Waals surface area contributed by atoms with E-state index in [1.54, 1.807) is 5.57 Å². The molecular weight excluding hydrogens is 685 g/mol. The first kappa shape index (κ1) is 43.6. The summed E-state index contributed by atoms with van der Waals surface area (Å²) in [5.41, 5.74) is 8.90. The van der Waals surface area contributed by atoms with Crippen molar-refractivity contribution in [2.45, 2.75) is 180 Å². The fourth-order valence-corrected chi connectivity index (χ4v) is 22.6. The number of esters is 1. The van der Waals surface area contributed by atoms with Crippen molar-refractivity contribution >= 4 is 22.6 Å². The number of carbonyl (C=O) groups excluding carboxylic acids is 1. The highest BCUT2D eigenvalue weighted by atomic mass is 28.4. The molecule has 0 heterocycles. The molecule has 5 atom stereocenters. The SMILES string of the molecule is C=C1/C(=C\C=C2/CCC[C@]3(C)[C@@H](C#Cc4ccc(C(=O)OC)cc4)CC[C@@H]23)C[C@@H](O[Si](C(C)C)(C(C)C)C(C)C)C[C@@H]1O[Si](C(C)C)(C(C)C)C(C)C. The van der Waals surface area contributed by atoms with Crippen LogP contribution in [0.5, 0.6) is 0 Å². The number of hydrogen-bond acceptors (Lipinski definition) is 4. The second-order valence-electron chi connectivity index (χ2n) is 18.8.